The van der Waals surface area contributed by atoms with E-state index in [0.717, 1.165) is 26.2 Å². The molecule has 1 atom stereocenters. The van der Waals surface area contributed by atoms with Gasteiger partial charge in [0.2, 0.25) is 0 Å². The molecule has 0 saturated carbocycles. The second kappa shape index (κ2) is 6.00. The van der Waals surface area contributed by atoms with Gasteiger partial charge >= 0.3 is 0 Å². The van der Waals surface area contributed by atoms with E-state index in [1.54, 1.807) is 12.1 Å². The van der Waals surface area contributed by atoms with Gasteiger partial charge in [0.15, 0.2) is 0 Å². The highest BCUT2D eigenvalue weighted by Gasteiger charge is 2.35. The van der Waals surface area contributed by atoms with Crippen molar-refractivity contribution >= 4 is 0 Å². The zero-order chi connectivity index (χ0) is 15.6. The number of hydrogen-bond donors (Lipinski definition) is 2. The fraction of sp³-hybridized carbons (Fsp3) is 0.562. The number of rotatable bonds is 2. The molecule has 0 unspecified atom stereocenters. The molecular weight excluding hydrogens is 269 g/mol. The Morgan fingerprint density at radius 3 is 2.48 bits per heavy atom. The summed E-state index contributed by atoms with van der Waals surface area (Å²) in [5.74, 6) is -0.900. The molecule has 1 saturated heterocycles. The van der Waals surface area contributed by atoms with Gasteiger partial charge in [-0.25, -0.2) is 4.39 Å². The molecule has 1 fully saturated rings. The summed E-state index contributed by atoms with van der Waals surface area (Å²) in [5.41, 5.74) is 0.221. The van der Waals surface area contributed by atoms with Crippen LogP contribution in [0.15, 0.2) is 12.1 Å². The van der Waals surface area contributed by atoms with Crippen LogP contribution in [0.25, 0.3) is 0 Å². The third-order valence-electron chi connectivity index (χ3n) is 3.90. The Balaban J connectivity index is 2.50. The van der Waals surface area contributed by atoms with Gasteiger partial charge < -0.3 is 10.4 Å². The van der Waals surface area contributed by atoms with Crippen LogP contribution in [0.4, 0.5) is 4.39 Å². The third kappa shape index (κ3) is 3.17. The molecule has 1 aromatic rings. The van der Waals surface area contributed by atoms with E-state index in [9.17, 15) is 9.50 Å². The van der Waals surface area contributed by atoms with Crippen molar-refractivity contribution in [3.05, 3.63) is 29.1 Å². The van der Waals surface area contributed by atoms with E-state index in [1.165, 1.54) is 6.07 Å². The Bertz CT molecular complexity index is 554. The smallest absolute Gasteiger partial charge is 0.144 e. The lowest BCUT2D eigenvalue weighted by molar-refractivity contribution is 0.0841. The summed E-state index contributed by atoms with van der Waals surface area (Å²) in [6.45, 7) is 9.78. The Morgan fingerprint density at radius 1 is 1.33 bits per heavy atom. The first-order valence-electron chi connectivity index (χ1n) is 7.22. The molecule has 0 radical (unpaired) electrons. The van der Waals surface area contributed by atoms with Crippen molar-refractivity contribution < 1.29 is 9.50 Å². The molecule has 0 amide bonds. The number of phenolic OH excluding ortho intramolecular Hbond substituents is 1. The number of halogens is 1. The van der Waals surface area contributed by atoms with Crippen LogP contribution in [0.2, 0.25) is 0 Å². The number of nitrogens with one attached hydrogen (secondary N) is 1. The van der Waals surface area contributed by atoms with Gasteiger partial charge in [-0.15, -0.1) is 0 Å². The van der Waals surface area contributed by atoms with E-state index >= 15 is 0 Å². The van der Waals surface area contributed by atoms with Gasteiger partial charge in [0.25, 0.3) is 0 Å². The lowest BCUT2D eigenvalue weighted by atomic mass is 9.80. The molecule has 21 heavy (non-hydrogen) atoms. The lowest BCUT2D eigenvalue weighted by Crippen LogP contribution is -2.48. The van der Waals surface area contributed by atoms with Crippen LogP contribution in [-0.2, 0) is 0 Å². The first kappa shape index (κ1) is 15.7. The van der Waals surface area contributed by atoms with E-state index in [1.807, 2.05) is 0 Å². The van der Waals surface area contributed by atoms with Crippen LogP contribution >= 0.6 is 0 Å². The van der Waals surface area contributed by atoms with Crippen LogP contribution in [0.5, 0.6) is 5.75 Å². The topological polar surface area (TPSA) is 59.3 Å². The van der Waals surface area contributed by atoms with E-state index < -0.39 is 5.82 Å². The largest absolute Gasteiger partial charge is 0.506 e. The fourth-order valence-electron chi connectivity index (χ4n) is 3.06. The lowest BCUT2D eigenvalue weighted by Gasteiger charge is -2.42. The molecule has 2 rings (SSSR count). The molecule has 1 aliphatic heterocycles. The number of nitriles is 1. The predicted octanol–water partition coefficient (Wildman–Crippen LogP) is 2.40. The molecule has 1 heterocycles. The van der Waals surface area contributed by atoms with E-state index in [0.29, 0.717) is 5.56 Å². The minimum Gasteiger partial charge on any atom is -0.506 e. The van der Waals surface area contributed by atoms with Crippen LogP contribution < -0.4 is 5.32 Å². The van der Waals surface area contributed by atoms with Gasteiger partial charge in [-0.1, -0.05) is 26.8 Å². The van der Waals surface area contributed by atoms with Gasteiger partial charge in [-0.2, -0.15) is 5.26 Å². The van der Waals surface area contributed by atoms with Crippen molar-refractivity contribution in [3.8, 4) is 11.8 Å². The summed E-state index contributed by atoms with van der Waals surface area (Å²) in [7, 11) is 0. The van der Waals surface area contributed by atoms with E-state index in [2.05, 4.69) is 31.0 Å². The molecule has 0 spiro atoms. The molecule has 5 heteroatoms. The third-order valence-corrected chi connectivity index (χ3v) is 3.90. The summed E-state index contributed by atoms with van der Waals surface area (Å²) in [5, 5.41) is 22.7. The fourth-order valence-corrected chi connectivity index (χ4v) is 3.06. The highest BCUT2D eigenvalue weighted by atomic mass is 19.1. The first-order valence-corrected chi connectivity index (χ1v) is 7.22. The van der Waals surface area contributed by atoms with E-state index in [-0.39, 0.29) is 22.8 Å². The summed E-state index contributed by atoms with van der Waals surface area (Å²) in [4.78, 5) is 2.28. The maximum absolute atomic E-state index is 13.6. The van der Waals surface area contributed by atoms with Crippen LogP contribution in [0.3, 0.4) is 0 Å². The predicted molar refractivity (Wildman–Crippen MR) is 79.4 cm³/mol. The molecular formula is C16H22FN3O. The standard InChI is InChI=1S/C16H22FN3O/c1-16(2,3)15(20-8-6-19-7-9-20)11-4-5-13(17)12(10-18)14(11)21/h4-5,15,19,21H,6-9H2,1-3H3/t15-/m1/s1. The average molecular weight is 291 g/mol. The maximum atomic E-state index is 13.6. The number of phenols is 1. The van der Waals surface area contributed by atoms with Gasteiger partial charge in [0.1, 0.15) is 23.2 Å². The summed E-state index contributed by atoms with van der Waals surface area (Å²) < 4.78 is 13.6. The summed E-state index contributed by atoms with van der Waals surface area (Å²) >= 11 is 0. The molecule has 2 N–H and O–H groups in total. The monoisotopic (exact) mass is 291 g/mol. The zero-order valence-corrected chi connectivity index (χ0v) is 12.8. The molecule has 1 aromatic carbocycles. The summed E-state index contributed by atoms with van der Waals surface area (Å²) in [6, 6.07) is 4.57. The quantitative estimate of drug-likeness (QED) is 0.878. The van der Waals surface area contributed by atoms with Crippen molar-refractivity contribution in [2.45, 2.75) is 26.8 Å². The van der Waals surface area contributed by atoms with Crippen LogP contribution in [0.1, 0.15) is 37.9 Å². The Hall–Kier alpha value is -1.64. The highest BCUT2D eigenvalue weighted by Crippen LogP contribution is 2.43. The SMILES string of the molecule is CC(C)(C)[C@@H](c1ccc(F)c(C#N)c1O)N1CCNCC1. The molecule has 0 aliphatic carbocycles. The Labute approximate surface area is 125 Å². The maximum Gasteiger partial charge on any atom is 0.144 e. The van der Waals surface area contributed by atoms with Gasteiger partial charge in [0.05, 0.1) is 0 Å². The normalized spacial score (nSPS) is 18.2. The number of nitrogens with zero attached hydrogens (tertiary/aromatic N) is 2. The molecule has 0 aromatic heterocycles. The number of piperazine rings is 1. The minimum atomic E-state index is -0.674. The average Bonchev–Trinajstić information content (AvgIpc) is 2.42. The second-order valence-corrected chi connectivity index (χ2v) is 6.53. The summed E-state index contributed by atoms with van der Waals surface area (Å²) in [6.07, 6.45) is 0. The van der Waals surface area contributed by atoms with Gasteiger partial charge in [0, 0.05) is 37.8 Å². The number of aromatic hydroxyl groups is 1. The van der Waals surface area contributed by atoms with Crippen LogP contribution in [-0.4, -0.2) is 36.2 Å². The first-order chi connectivity index (χ1) is 9.86. The minimum absolute atomic E-state index is 0.0627. The highest BCUT2D eigenvalue weighted by molar-refractivity contribution is 5.50. The Morgan fingerprint density at radius 2 is 1.95 bits per heavy atom. The molecule has 0 bridgehead atoms. The van der Waals surface area contributed by atoms with Gasteiger partial charge in [-0.3, -0.25) is 4.90 Å². The van der Waals surface area contributed by atoms with Crippen molar-refractivity contribution in [1.82, 2.24) is 10.2 Å². The van der Waals surface area contributed by atoms with Crippen molar-refractivity contribution in [2.75, 3.05) is 26.2 Å². The van der Waals surface area contributed by atoms with Crippen molar-refractivity contribution in [3.63, 3.8) is 0 Å². The second-order valence-electron chi connectivity index (χ2n) is 6.53. The van der Waals surface area contributed by atoms with E-state index in [4.69, 9.17) is 5.26 Å². The van der Waals surface area contributed by atoms with Gasteiger partial charge in [-0.05, 0) is 11.5 Å². The number of benzene rings is 1. The number of hydrogen-bond acceptors (Lipinski definition) is 4. The zero-order valence-electron chi connectivity index (χ0n) is 12.8. The molecule has 1 aliphatic rings. The van der Waals surface area contributed by atoms with Crippen molar-refractivity contribution in [2.24, 2.45) is 5.41 Å². The molecule has 114 valence electrons. The Kier molecular flexibility index (Phi) is 4.50. The molecule has 4 nitrogen and oxygen atoms in total. The van der Waals surface area contributed by atoms with Crippen molar-refractivity contribution in [1.29, 1.82) is 5.26 Å². The van der Waals surface area contributed by atoms with Crippen LogP contribution in [0, 0.1) is 22.6 Å².